The molecule has 1 rings (SSSR count). The third-order valence-corrected chi connectivity index (χ3v) is 3.76. The monoisotopic (exact) mass is 358 g/mol. The Morgan fingerprint density at radius 3 is 2.46 bits per heavy atom. The van der Waals surface area contributed by atoms with Gasteiger partial charge in [0.1, 0.15) is 11.6 Å². The minimum absolute atomic E-state index is 0.0182. The molecule has 1 aromatic heterocycles. The molecule has 9 heteroatoms. The number of carbonyl (C=O) groups is 2. The van der Waals surface area contributed by atoms with Crippen LogP contribution in [0.3, 0.4) is 0 Å². The molecule has 0 aliphatic rings. The topological polar surface area (TPSA) is 97.6 Å². The Labute approximate surface area is 146 Å². The van der Waals surface area contributed by atoms with Gasteiger partial charge in [-0.25, -0.2) is 4.79 Å². The second-order valence-corrected chi connectivity index (χ2v) is 7.06. The molecular weight excluding hydrogens is 332 g/mol. The summed E-state index contributed by atoms with van der Waals surface area (Å²) in [5, 5.41) is 10.7. The summed E-state index contributed by atoms with van der Waals surface area (Å²) in [6, 6.07) is -0.486. The molecule has 0 fully saturated rings. The molecule has 0 bridgehead atoms. The lowest BCUT2D eigenvalue weighted by atomic mass is 10.2. The average molecular weight is 358 g/mol. The number of rotatable bonds is 7. The van der Waals surface area contributed by atoms with E-state index in [0.29, 0.717) is 18.3 Å². The lowest BCUT2D eigenvalue weighted by molar-refractivity contribution is -0.127. The van der Waals surface area contributed by atoms with Crippen LogP contribution in [0.2, 0.25) is 0 Å². The first-order chi connectivity index (χ1) is 11.2. The zero-order valence-corrected chi connectivity index (χ0v) is 15.9. The minimum atomic E-state index is -0.579. The van der Waals surface area contributed by atoms with Crippen LogP contribution in [0.25, 0.3) is 0 Å². The van der Waals surface area contributed by atoms with Crippen LogP contribution < -0.4 is 5.32 Å². The number of thioether (sulfide) groups is 1. The second kappa shape index (κ2) is 8.91. The summed E-state index contributed by atoms with van der Waals surface area (Å²) < 4.78 is 10.6. The molecule has 0 aliphatic heterocycles. The summed E-state index contributed by atoms with van der Waals surface area (Å²) in [7, 11) is 0. The highest BCUT2D eigenvalue weighted by molar-refractivity contribution is 7.99. The molecule has 1 atom stereocenters. The van der Waals surface area contributed by atoms with Crippen LogP contribution in [0.1, 0.15) is 53.5 Å². The largest absolute Gasteiger partial charge is 0.444 e. The van der Waals surface area contributed by atoms with E-state index >= 15 is 0 Å². The van der Waals surface area contributed by atoms with Gasteiger partial charge in [-0.1, -0.05) is 11.8 Å². The molecule has 136 valence electrons. The van der Waals surface area contributed by atoms with E-state index in [1.807, 2.05) is 13.8 Å². The molecule has 0 unspecified atom stereocenters. The smallest absolute Gasteiger partial charge is 0.408 e. The Bertz CT molecular complexity index is 552. The van der Waals surface area contributed by atoms with E-state index < -0.39 is 17.7 Å². The van der Waals surface area contributed by atoms with Crippen molar-refractivity contribution in [2.75, 3.05) is 18.8 Å². The molecule has 0 radical (unpaired) electrons. The number of hydrogen-bond acceptors (Lipinski definition) is 7. The van der Waals surface area contributed by atoms with E-state index in [9.17, 15) is 9.59 Å². The van der Waals surface area contributed by atoms with E-state index in [1.165, 1.54) is 11.8 Å². The highest BCUT2D eigenvalue weighted by Crippen LogP contribution is 2.20. The average Bonchev–Trinajstić information content (AvgIpc) is 2.93. The first-order valence-electron chi connectivity index (χ1n) is 7.89. The number of nitrogens with zero attached hydrogens (tertiary/aromatic N) is 3. The third-order valence-electron chi connectivity index (χ3n) is 2.96. The Morgan fingerprint density at radius 2 is 1.92 bits per heavy atom. The van der Waals surface area contributed by atoms with Crippen molar-refractivity contribution >= 4 is 23.8 Å². The summed E-state index contributed by atoms with van der Waals surface area (Å²) in [6.07, 6.45) is -0.556. The van der Waals surface area contributed by atoms with Crippen LogP contribution in [-0.4, -0.2) is 51.5 Å². The summed E-state index contributed by atoms with van der Waals surface area (Å²) in [4.78, 5) is 25.4. The van der Waals surface area contributed by atoms with Crippen molar-refractivity contribution in [2.45, 2.75) is 58.4 Å². The van der Waals surface area contributed by atoms with Crippen LogP contribution in [0.5, 0.6) is 0 Å². The zero-order chi connectivity index (χ0) is 18.3. The van der Waals surface area contributed by atoms with Gasteiger partial charge in [0.25, 0.3) is 5.22 Å². The molecule has 0 saturated heterocycles. The molecule has 1 aromatic rings. The molecule has 2 amide bonds. The predicted octanol–water partition coefficient (Wildman–Crippen LogP) is 2.62. The van der Waals surface area contributed by atoms with Crippen molar-refractivity contribution in [1.29, 1.82) is 0 Å². The quantitative estimate of drug-likeness (QED) is 0.748. The zero-order valence-electron chi connectivity index (χ0n) is 15.1. The normalized spacial score (nSPS) is 12.6. The highest BCUT2D eigenvalue weighted by atomic mass is 32.2. The fourth-order valence-corrected chi connectivity index (χ4v) is 2.46. The highest BCUT2D eigenvalue weighted by Gasteiger charge is 2.21. The van der Waals surface area contributed by atoms with Gasteiger partial charge < -0.3 is 19.4 Å². The van der Waals surface area contributed by atoms with Gasteiger partial charge in [-0.15, -0.1) is 10.2 Å². The molecular formula is C15H26N4O4S. The summed E-state index contributed by atoms with van der Waals surface area (Å²) in [6.45, 7) is 12.3. The van der Waals surface area contributed by atoms with E-state index in [0.717, 1.165) is 0 Å². The Kier molecular flexibility index (Phi) is 7.53. The molecule has 0 aliphatic carbocycles. The van der Waals surface area contributed by atoms with Gasteiger partial charge in [0.15, 0.2) is 0 Å². The number of hydrogen-bond donors (Lipinski definition) is 1. The van der Waals surface area contributed by atoms with Crippen molar-refractivity contribution in [1.82, 2.24) is 20.4 Å². The number of amides is 2. The van der Waals surface area contributed by atoms with Crippen molar-refractivity contribution in [3.05, 3.63) is 5.89 Å². The molecule has 8 nitrogen and oxygen atoms in total. The van der Waals surface area contributed by atoms with Gasteiger partial charge in [0, 0.05) is 13.1 Å². The van der Waals surface area contributed by atoms with Crippen molar-refractivity contribution < 1.29 is 18.7 Å². The Morgan fingerprint density at radius 1 is 1.29 bits per heavy atom. The lowest BCUT2D eigenvalue weighted by Gasteiger charge is -2.20. The number of alkyl carbamates (subject to hydrolysis) is 1. The van der Waals surface area contributed by atoms with Gasteiger partial charge in [-0.2, -0.15) is 0 Å². The van der Waals surface area contributed by atoms with Gasteiger partial charge >= 0.3 is 6.09 Å². The number of ether oxygens (including phenoxy) is 1. The molecule has 1 heterocycles. The van der Waals surface area contributed by atoms with Crippen LogP contribution in [0.15, 0.2) is 9.64 Å². The van der Waals surface area contributed by atoms with Crippen LogP contribution >= 0.6 is 11.8 Å². The lowest BCUT2D eigenvalue weighted by Crippen LogP contribution is -2.34. The fraction of sp³-hybridized carbons (Fsp3) is 0.733. The van der Waals surface area contributed by atoms with E-state index in [2.05, 4.69) is 15.5 Å². The van der Waals surface area contributed by atoms with E-state index in [1.54, 1.807) is 32.6 Å². The third kappa shape index (κ3) is 6.77. The van der Waals surface area contributed by atoms with Crippen LogP contribution in [0.4, 0.5) is 4.79 Å². The molecule has 0 spiro atoms. The standard InChI is InChI=1S/C15H26N4O4S/c1-7-19(8-2)11(20)9-24-14-18-17-12(22-14)10(3)16-13(21)23-15(4,5)6/h10H,7-9H2,1-6H3,(H,16,21)/t10-/m1/s1. The SMILES string of the molecule is CCN(CC)C(=O)CSc1nnc([C@@H](C)NC(=O)OC(C)(C)C)o1. The predicted molar refractivity (Wildman–Crippen MR) is 90.7 cm³/mol. The molecule has 0 saturated carbocycles. The maximum atomic E-state index is 11.9. The number of carbonyl (C=O) groups excluding carboxylic acids is 2. The first-order valence-corrected chi connectivity index (χ1v) is 8.88. The number of aromatic nitrogens is 2. The Balaban J connectivity index is 2.53. The molecule has 0 aromatic carbocycles. The second-order valence-electron chi connectivity index (χ2n) is 6.13. The summed E-state index contributed by atoms with van der Waals surface area (Å²) >= 11 is 1.18. The van der Waals surface area contributed by atoms with Crippen molar-refractivity contribution in [2.24, 2.45) is 0 Å². The van der Waals surface area contributed by atoms with Crippen molar-refractivity contribution in [3.8, 4) is 0 Å². The van der Waals surface area contributed by atoms with Gasteiger partial charge in [-0.05, 0) is 41.5 Å². The first kappa shape index (κ1) is 20.3. The minimum Gasteiger partial charge on any atom is -0.444 e. The Hall–Kier alpha value is -1.77. The van der Waals surface area contributed by atoms with Gasteiger partial charge in [0.2, 0.25) is 11.8 Å². The maximum Gasteiger partial charge on any atom is 0.408 e. The maximum absolute atomic E-state index is 11.9. The van der Waals surface area contributed by atoms with Crippen LogP contribution in [-0.2, 0) is 9.53 Å². The van der Waals surface area contributed by atoms with E-state index in [4.69, 9.17) is 9.15 Å². The summed E-state index contributed by atoms with van der Waals surface area (Å²) in [5.74, 6) is 0.514. The van der Waals surface area contributed by atoms with Crippen molar-refractivity contribution in [3.63, 3.8) is 0 Å². The number of nitrogens with one attached hydrogen (secondary N) is 1. The molecule has 24 heavy (non-hydrogen) atoms. The van der Waals surface area contributed by atoms with Gasteiger partial charge in [-0.3, -0.25) is 4.79 Å². The van der Waals surface area contributed by atoms with Gasteiger partial charge in [0.05, 0.1) is 5.75 Å². The summed E-state index contributed by atoms with van der Waals surface area (Å²) in [5.41, 5.74) is -0.579. The van der Waals surface area contributed by atoms with E-state index in [-0.39, 0.29) is 17.6 Å². The van der Waals surface area contributed by atoms with Crippen LogP contribution in [0, 0.1) is 0 Å². The fourth-order valence-electron chi connectivity index (χ4n) is 1.79. The molecule has 1 N–H and O–H groups in total.